The standard InChI is InChI=1S/C17H20O2/c1-17(11-12-6-2-3-7-12)14-9-5-4-8-13(14)15(18)10-16(17)19/h4-5,8-9,12H,2-3,6-7,10-11H2,1H3. The van der Waals surface area contributed by atoms with Crippen molar-refractivity contribution in [3.63, 3.8) is 0 Å². The highest BCUT2D eigenvalue weighted by molar-refractivity contribution is 6.15. The van der Waals surface area contributed by atoms with Crippen molar-refractivity contribution in [2.45, 2.75) is 50.9 Å². The van der Waals surface area contributed by atoms with Crippen LogP contribution in [-0.4, -0.2) is 11.6 Å². The first-order valence-corrected chi connectivity index (χ1v) is 7.27. The third-order valence-electron chi connectivity index (χ3n) is 4.93. The van der Waals surface area contributed by atoms with Gasteiger partial charge in [-0.1, -0.05) is 49.9 Å². The molecular formula is C17H20O2. The number of rotatable bonds is 2. The number of carbonyl (C=O) groups is 2. The van der Waals surface area contributed by atoms with Crippen molar-refractivity contribution in [1.82, 2.24) is 0 Å². The minimum absolute atomic E-state index is 0.00973. The van der Waals surface area contributed by atoms with Crippen molar-refractivity contribution in [3.8, 4) is 0 Å². The number of hydrogen-bond acceptors (Lipinski definition) is 2. The zero-order valence-electron chi connectivity index (χ0n) is 11.4. The van der Waals surface area contributed by atoms with Gasteiger partial charge in [-0.25, -0.2) is 0 Å². The fourth-order valence-corrected chi connectivity index (χ4v) is 3.81. The molecule has 1 aromatic carbocycles. The summed E-state index contributed by atoms with van der Waals surface area (Å²) in [6.45, 7) is 2.04. The zero-order chi connectivity index (χ0) is 13.5. The number of benzene rings is 1. The van der Waals surface area contributed by atoms with Gasteiger partial charge in [-0.15, -0.1) is 0 Å². The van der Waals surface area contributed by atoms with Crippen LogP contribution in [0.4, 0.5) is 0 Å². The van der Waals surface area contributed by atoms with Gasteiger partial charge in [0.05, 0.1) is 11.8 Å². The number of fused-ring (bicyclic) bond motifs is 1. The van der Waals surface area contributed by atoms with Crippen LogP contribution in [0.3, 0.4) is 0 Å². The number of hydrogen-bond donors (Lipinski definition) is 0. The molecule has 0 aliphatic heterocycles. The van der Waals surface area contributed by atoms with E-state index in [-0.39, 0.29) is 18.0 Å². The van der Waals surface area contributed by atoms with E-state index < -0.39 is 5.41 Å². The summed E-state index contributed by atoms with van der Waals surface area (Å²) < 4.78 is 0. The van der Waals surface area contributed by atoms with Crippen molar-refractivity contribution < 1.29 is 9.59 Å². The molecular weight excluding hydrogens is 236 g/mol. The van der Waals surface area contributed by atoms with Crippen molar-refractivity contribution in [1.29, 1.82) is 0 Å². The SMILES string of the molecule is CC1(CC2CCCC2)C(=O)CC(=O)c2ccccc21. The second-order valence-electron chi connectivity index (χ2n) is 6.26. The molecule has 0 heterocycles. The van der Waals surface area contributed by atoms with Gasteiger partial charge in [0.1, 0.15) is 0 Å². The maximum absolute atomic E-state index is 12.5. The predicted octanol–water partition coefficient (Wildman–Crippen LogP) is 3.68. The molecule has 2 nitrogen and oxygen atoms in total. The molecule has 19 heavy (non-hydrogen) atoms. The molecule has 1 atom stereocenters. The fourth-order valence-electron chi connectivity index (χ4n) is 3.81. The van der Waals surface area contributed by atoms with Gasteiger partial charge in [0.15, 0.2) is 11.6 Å². The number of carbonyl (C=O) groups excluding carboxylic acids is 2. The van der Waals surface area contributed by atoms with Gasteiger partial charge < -0.3 is 0 Å². The van der Waals surface area contributed by atoms with E-state index in [9.17, 15) is 9.59 Å². The fraction of sp³-hybridized carbons (Fsp3) is 0.529. The molecule has 100 valence electrons. The van der Waals surface area contributed by atoms with Crippen LogP contribution in [0.1, 0.15) is 61.4 Å². The molecule has 2 aliphatic carbocycles. The Labute approximate surface area is 114 Å². The molecule has 1 aromatic rings. The molecule has 1 unspecified atom stereocenters. The molecule has 0 spiro atoms. The van der Waals surface area contributed by atoms with Gasteiger partial charge in [-0.2, -0.15) is 0 Å². The van der Waals surface area contributed by atoms with Crippen LogP contribution in [-0.2, 0) is 10.2 Å². The van der Waals surface area contributed by atoms with Crippen LogP contribution in [0.15, 0.2) is 24.3 Å². The highest BCUT2D eigenvalue weighted by Crippen LogP contribution is 2.42. The molecule has 0 N–H and O–H groups in total. The Balaban J connectivity index is 2.01. The Bertz CT molecular complexity index is 526. The second-order valence-corrected chi connectivity index (χ2v) is 6.26. The first-order chi connectivity index (χ1) is 9.11. The lowest BCUT2D eigenvalue weighted by Crippen LogP contribution is -2.41. The lowest BCUT2D eigenvalue weighted by atomic mass is 9.65. The number of Topliss-reactive ketones (excluding diaryl/α,β-unsaturated/α-hetero) is 2. The third-order valence-corrected chi connectivity index (χ3v) is 4.93. The van der Waals surface area contributed by atoms with Crippen molar-refractivity contribution in [2.75, 3.05) is 0 Å². The summed E-state index contributed by atoms with van der Waals surface area (Å²) in [6.07, 6.45) is 6.04. The summed E-state index contributed by atoms with van der Waals surface area (Å²) in [7, 11) is 0. The lowest BCUT2D eigenvalue weighted by Gasteiger charge is -2.35. The average Bonchev–Trinajstić information content (AvgIpc) is 2.90. The molecule has 0 radical (unpaired) electrons. The predicted molar refractivity (Wildman–Crippen MR) is 74.3 cm³/mol. The summed E-state index contributed by atoms with van der Waals surface area (Å²) in [5.41, 5.74) is 1.28. The van der Waals surface area contributed by atoms with Crippen molar-refractivity contribution in [2.24, 2.45) is 5.92 Å². The summed E-state index contributed by atoms with van der Waals surface area (Å²) >= 11 is 0. The zero-order valence-corrected chi connectivity index (χ0v) is 11.4. The summed E-state index contributed by atoms with van der Waals surface area (Å²) in [5.74, 6) is 0.753. The molecule has 0 aromatic heterocycles. The topological polar surface area (TPSA) is 34.1 Å². The summed E-state index contributed by atoms with van der Waals surface area (Å²) in [6, 6.07) is 7.68. The van der Waals surface area contributed by atoms with Gasteiger partial charge in [0, 0.05) is 5.56 Å². The van der Waals surface area contributed by atoms with E-state index in [4.69, 9.17) is 0 Å². The second kappa shape index (κ2) is 4.59. The van der Waals surface area contributed by atoms with Crippen LogP contribution < -0.4 is 0 Å². The van der Waals surface area contributed by atoms with Crippen LogP contribution >= 0.6 is 0 Å². The molecule has 3 rings (SSSR count). The molecule has 0 bridgehead atoms. The third kappa shape index (κ3) is 2.03. The number of ketones is 2. The van der Waals surface area contributed by atoms with E-state index in [2.05, 4.69) is 0 Å². The summed E-state index contributed by atoms with van der Waals surface area (Å²) in [4.78, 5) is 24.5. The Morgan fingerprint density at radius 2 is 1.84 bits per heavy atom. The van der Waals surface area contributed by atoms with E-state index >= 15 is 0 Å². The van der Waals surface area contributed by atoms with E-state index in [0.717, 1.165) is 17.5 Å². The first-order valence-electron chi connectivity index (χ1n) is 7.27. The lowest BCUT2D eigenvalue weighted by molar-refractivity contribution is -0.124. The Kier molecular flexibility index (Phi) is 3.04. The van der Waals surface area contributed by atoms with Gasteiger partial charge >= 0.3 is 0 Å². The normalized spacial score (nSPS) is 27.6. The molecule has 2 aliphatic rings. The highest BCUT2D eigenvalue weighted by Gasteiger charge is 2.43. The van der Waals surface area contributed by atoms with Crippen LogP contribution in [0, 0.1) is 5.92 Å². The van der Waals surface area contributed by atoms with Gasteiger partial charge in [-0.05, 0) is 24.8 Å². The largest absolute Gasteiger partial charge is 0.298 e. The maximum Gasteiger partial charge on any atom is 0.170 e. The van der Waals surface area contributed by atoms with Gasteiger partial charge in [0.25, 0.3) is 0 Å². The van der Waals surface area contributed by atoms with E-state index in [1.54, 1.807) is 0 Å². The Hall–Kier alpha value is -1.44. The average molecular weight is 256 g/mol. The molecule has 2 heteroatoms. The maximum atomic E-state index is 12.5. The van der Waals surface area contributed by atoms with E-state index in [1.165, 1.54) is 25.7 Å². The van der Waals surface area contributed by atoms with E-state index in [1.807, 2.05) is 31.2 Å². The minimum atomic E-state index is -0.445. The smallest absolute Gasteiger partial charge is 0.170 e. The van der Waals surface area contributed by atoms with Gasteiger partial charge in [0.2, 0.25) is 0 Å². The van der Waals surface area contributed by atoms with Crippen molar-refractivity contribution in [3.05, 3.63) is 35.4 Å². The molecule has 0 saturated heterocycles. The Morgan fingerprint density at radius 1 is 1.16 bits per heavy atom. The van der Waals surface area contributed by atoms with E-state index in [0.29, 0.717) is 5.92 Å². The molecule has 0 amide bonds. The highest BCUT2D eigenvalue weighted by atomic mass is 16.2. The monoisotopic (exact) mass is 256 g/mol. The first kappa shape index (κ1) is 12.6. The molecule has 1 fully saturated rings. The van der Waals surface area contributed by atoms with Crippen molar-refractivity contribution >= 4 is 11.6 Å². The minimum Gasteiger partial charge on any atom is -0.298 e. The van der Waals surface area contributed by atoms with Crippen LogP contribution in [0.25, 0.3) is 0 Å². The molecule has 1 saturated carbocycles. The van der Waals surface area contributed by atoms with Crippen LogP contribution in [0.2, 0.25) is 0 Å². The quantitative estimate of drug-likeness (QED) is 0.756. The Morgan fingerprint density at radius 3 is 2.58 bits per heavy atom. The summed E-state index contributed by atoms with van der Waals surface area (Å²) in [5, 5.41) is 0. The van der Waals surface area contributed by atoms with Gasteiger partial charge in [-0.3, -0.25) is 9.59 Å². The van der Waals surface area contributed by atoms with Crippen LogP contribution in [0.5, 0.6) is 0 Å².